The van der Waals surface area contributed by atoms with E-state index in [1.165, 1.54) is 77.4 Å². The van der Waals surface area contributed by atoms with Crippen molar-refractivity contribution in [1.29, 1.82) is 0 Å². The average molecular weight is 253 g/mol. The third kappa shape index (κ3) is 12.2. The van der Waals surface area contributed by atoms with Crippen LogP contribution in [0.25, 0.3) is 0 Å². The third-order valence-electron chi connectivity index (χ3n) is 3.30. The Bertz CT molecular complexity index is 168. The van der Waals surface area contributed by atoms with Crippen molar-refractivity contribution in [2.24, 2.45) is 0 Å². The van der Waals surface area contributed by atoms with E-state index >= 15 is 0 Å². The second-order valence-electron chi connectivity index (χ2n) is 5.30. The molecule has 1 heteroatoms. The van der Waals surface area contributed by atoms with Crippen LogP contribution in [0.15, 0.2) is 12.2 Å². The third-order valence-corrected chi connectivity index (χ3v) is 3.30. The van der Waals surface area contributed by atoms with Gasteiger partial charge in [0.05, 0.1) is 0 Å². The molecular weight excluding hydrogens is 218 g/mol. The van der Waals surface area contributed by atoms with Gasteiger partial charge in [-0.2, -0.15) is 0 Å². The monoisotopic (exact) mass is 253 g/mol. The summed E-state index contributed by atoms with van der Waals surface area (Å²) in [5.74, 6) is 0. The molecule has 0 fully saturated rings. The predicted octanol–water partition coefficient (Wildman–Crippen LogP) is 5.42. The second kappa shape index (κ2) is 14.8. The Morgan fingerprint density at radius 2 is 1.22 bits per heavy atom. The fourth-order valence-electron chi connectivity index (χ4n) is 2.32. The van der Waals surface area contributed by atoms with E-state index in [1.54, 1.807) is 0 Å². The molecule has 0 rings (SSSR count). The molecule has 0 radical (unpaired) electrons. The fourth-order valence-corrected chi connectivity index (χ4v) is 2.32. The highest BCUT2D eigenvalue weighted by atomic mass is 15.1. The van der Waals surface area contributed by atoms with Gasteiger partial charge in [-0.25, -0.2) is 0 Å². The molecule has 0 spiro atoms. The van der Waals surface area contributed by atoms with Gasteiger partial charge in [-0.15, -0.1) is 0 Å². The number of unbranched alkanes of at least 4 members (excludes halogenated alkanes) is 5. The molecule has 1 nitrogen and oxygen atoms in total. The highest BCUT2D eigenvalue weighted by molar-refractivity contribution is 4.80. The number of hydrogen-bond acceptors (Lipinski definition) is 1. The Kier molecular flexibility index (Phi) is 14.5. The minimum absolute atomic E-state index is 1.25. The van der Waals surface area contributed by atoms with Crippen LogP contribution >= 0.6 is 0 Å². The molecule has 0 aromatic carbocycles. The first-order chi connectivity index (χ1) is 8.85. The van der Waals surface area contributed by atoms with Crippen LogP contribution in [0.5, 0.6) is 0 Å². The maximum absolute atomic E-state index is 2.63. The van der Waals surface area contributed by atoms with E-state index in [0.29, 0.717) is 0 Å². The smallest absolute Gasteiger partial charge is 0.00187 e. The summed E-state index contributed by atoms with van der Waals surface area (Å²) in [4.78, 5) is 2.63. The second-order valence-corrected chi connectivity index (χ2v) is 5.30. The van der Waals surface area contributed by atoms with Crippen molar-refractivity contribution in [3.63, 3.8) is 0 Å². The molecule has 0 aliphatic heterocycles. The summed E-state index contributed by atoms with van der Waals surface area (Å²) in [7, 11) is 0. The van der Waals surface area contributed by atoms with Gasteiger partial charge < -0.3 is 4.90 Å². The van der Waals surface area contributed by atoms with Gasteiger partial charge in [0, 0.05) is 0 Å². The molecule has 0 aliphatic rings. The first-order valence-electron chi connectivity index (χ1n) is 8.22. The molecule has 0 saturated heterocycles. The van der Waals surface area contributed by atoms with Crippen molar-refractivity contribution in [2.75, 3.05) is 19.6 Å². The van der Waals surface area contributed by atoms with Gasteiger partial charge in [-0.3, -0.25) is 0 Å². The Morgan fingerprint density at radius 1 is 0.611 bits per heavy atom. The number of hydrogen-bond donors (Lipinski definition) is 0. The average Bonchev–Trinajstić information content (AvgIpc) is 2.37. The fraction of sp³-hybridized carbons (Fsp3) is 0.882. The summed E-state index contributed by atoms with van der Waals surface area (Å²) in [6.07, 6.45) is 16.7. The summed E-state index contributed by atoms with van der Waals surface area (Å²) in [5.41, 5.74) is 0. The van der Waals surface area contributed by atoms with Gasteiger partial charge in [0.25, 0.3) is 0 Å². The standard InChI is InChI=1S/C17H35N/c1-4-7-8-9-10-11-12-13-14-17-18(15-5-2)16-6-3/h8-9H,4-7,10-17H2,1-3H3/b9-8+. The maximum atomic E-state index is 2.63. The minimum Gasteiger partial charge on any atom is -0.303 e. The van der Waals surface area contributed by atoms with Crippen LogP contribution < -0.4 is 0 Å². The van der Waals surface area contributed by atoms with E-state index in [9.17, 15) is 0 Å². The zero-order valence-corrected chi connectivity index (χ0v) is 13.1. The van der Waals surface area contributed by atoms with Crippen LogP contribution in [0, 0.1) is 0 Å². The highest BCUT2D eigenvalue weighted by Gasteiger charge is 2.01. The summed E-state index contributed by atoms with van der Waals surface area (Å²) < 4.78 is 0. The zero-order chi connectivity index (χ0) is 13.5. The van der Waals surface area contributed by atoms with Crippen molar-refractivity contribution in [3.8, 4) is 0 Å². The quantitative estimate of drug-likeness (QED) is 0.313. The molecule has 0 amide bonds. The maximum Gasteiger partial charge on any atom is -0.00187 e. The normalized spacial score (nSPS) is 11.8. The summed E-state index contributed by atoms with van der Waals surface area (Å²) >= 11 is 0. The largest absolute Gasteiger partial charge is 0.303 e. The van der Waals surface area contributed by atoms with Crippen LogP contribution in [-0.2, 0) is 0 Å². The van der Waals surface area contributed by atoms with Gasteiger partial charge in [0.1, 0.15) is 0 Å². The SMILES string of the molecule is CCC/C=C/CCCCCCN(CCC)CCC. The Balaban J connectivity index is 3.31. The number of rotatable bonds is 13. The van der Waals surface area contributed by atoms with Gasteiger partial charge in [-0.05, 0) is 58.2 Å². The summed E-state index contributed by atoms with van der Waals surface area (Å²) in [6.45, 7) is 10.7. The number of nitrogens with zero attached hydrogens (tertiary/aromatic N) is 1. The molecule has 0 aromatic heterocycles. The molecule has 0 bridgehead atoms. The van der Waals surface area contributed by atoms with Crippen molar-refractivity contribution >= 4 is 0 Å². The van der Waals surface area contributed by atoms with Gasteiger partial charge in [0.15, 0.2) is 0 Å². The summed E-state index contributed by atoms with van der Waals surface area (Å²) in [5, 5.41) is 0. The Morgan fingerprint density at radius 3 is 1.83 bits per heavy atom. The van der Waals surface area contributed by atoms with Crippen LogP contribution in [-0.4, -0.2) is 24.5 Å². The Hall–Kier alpha value is -0.300. The molecule has 0 aliphatic carbocycles. The molecule has 0 unspecified atom stereocenters. The van der Waals surface area contributed by atoms with E-state index in [1.807, 2.05) is 0 Å². The van der Waals surface area contributed by atoms with E-state index < -0.39 is 0 Å². The van der Waals surface area contributed by atoms with Crippen molar-refractivity contribution in [3.05, 3.63) is 12.2 Å². The molecule has 0 N–H and O–H groups in total. The lowest BCUT2D eigenvalue weighted by Crippen LogP contribution is -2.26. The molecule has 0 atom stereocenters. The lowest BCUT2D eigenvalue weighted by molar-refractivity contribution is 0.268. The topological polar surface area (TPSA) is 3.24 Å². The van der Waals surface area contributed by atoms with Crippen LogP contribution in [0.3, 0.4) is 0 Å². The number of allylic oxidation sites excluding steroid dienone is 2. The van der Waals surface area contributed by atoms with Crippen molar-refractivity contribution < 1.29 is 0 Å². The van der Waals surface area contributed by atoms with E-state index in [2.05, 4.69) is 37.8 Å². The van der Waals surface area contributed by atoms with Crippen LogP contribution in [0.2, 0.25) is 0 Å². The van der Waals surface area contributed by atoms with Crippen LogP contribution in [0.1, 0.15) is 78.6 Å². The molecular formula is C17H35N. The summed E-state index contributed by atoms with van der Waals surface area (Å²) in [6, 6.07) is 0. The van der Waals surface area contributed by atoms with E-state index in [-0.39, 0.29) is 0 Å². The van der Waals surface area contributed by atoms with Crippen molar-refractivity contribution in [1.82, 2.24) is 4.90 Å². The van der Waals surface area contributed by atoms with Gasteiger partial charge in [-0.1, -0.05) is 52.2 Å². The predicted molar refractivity (Wildman–Crippen MR) is 84.2 cm³/mol. The first kappa shape index (κ1) is 17.7. The molecule has 108 valence electrons. The zero-order valence-electron chi connectivity index (χ0n) is 13.1. The molecule has 0 heterocycles. The first-order valence-corrected chi connectivity index (χ1v) is 8.22. The Labute approximate surface area is 116 Å². The molecule has 0 aromatic rings. The van der Waals surface area contributed by atoms with Crippen molar-refractivity contribution in [2.45, 2.75) is 78.6 Å². The van der Waals surface area contributed by atoms with E-state index in [0.717, 1.165) is 0 Å². The molecule has 0 saturated carbocycles. The van der Waals surface area contributed by atoms with Crippen LogP contribution in [0.4, 0.5) is 0 Å². The lowest BCUT2D eigenvalue weighted by Gasteiger charge is -2.20. The lowest BCUT2D eigenvalue weighted by atomic mass is 10.1. The van der Waals surface area contributed by atoms with E-state index in [4.69, 9.17) is 0 Å². The highest BCUT2D eigenvalue weighted by Crippen LogP contribution is 2.06. The molecule has 18 heavy (non-hydrogen) atoms. The minimum atomic E-state index is 1.25. The van der Waals surface area contributed by atoms with Gasteiger partial charge in [0.2, 0.25) is 0 Å². The van der Waals surface area contributed by atoms with Gasteiger partial charge >= 0.3 is 0 Å².